The quantitative estimate of drug-likeness (QED) is 0.549. The minimum absolute atomic E-state index is 0.0224. The van der Waals surface area contributed by atoms with Crippen LogP contribution in [0.2, 0.25) is 0 Å². The molecule has 1 aromatic heterocycles. The highest BCUT2D eigenvalue weighted by Gasteiger charge is 2.33. The van der Waals surface area contributed by atoms with Crippen molar-refractivity contribution in [3.05, 3.63) is 29.8 Å². The van der Waals surface area contributed by atoms with E-state index in [1.807, 2.05) is 31.2 Å². The summed E-state index contributed by atoms with van der Waals surface area (Å²) in [6.07, 6.45) is 3.33. The molecule has 0 unspecified atom stereocenters. The smallest absolute Gasteiger partial charge is 0.316 e. The molecule has 7 heteroatoms. The zero-order chi connectivity index (χ0) is 19.4. The second-order valence-corrected chi connectivity index (χ2v) is 8.75. The Morgan fingerprint density at radius 3 is 2.85 bits per heavy atom. The zero-order valence-electron chi connectivity index (χ0n) is 16.5. The van der Waals surface area contributed by atoms with Crippen molar-refractivity contribution in [2.75, 3.05) is 5.75 Å². The van der Waals surface area contributed by atoms with Gasteiger partial charge in [0.15, 0.2) is 0 Å². The van der Waals surface area contributed by atoms with Crippen molar-refractivity contribution in [1.82, 2.24) is 20.2 Å². The van der Waals surface area contributed by atoms with Crippen LogP contribution in [0.1, 0.15) is 45.6 Å². The maximum atomic E-state index is 12.5. The van der Waals surface area contributed by atoms with Crippen LogP contribution in [-0.2, 0) is 9.53 Å². The summed E-state index contributed by atoms with van der Waals surface area (Å²) in [7, 11) is 0. The summed E-state index contributed by atoms with van der Waals surface area (Å²) in [5, 5.41) is 12.5. The molecule has 0 N–H and O–H groups in total. The summed E-state index contributed by atoms with van der Waals surface area (Å²) in [6.45, 7) is 8.68. The van der Waals surface area contributed by atoms with Gasteiger partial charge in [0.1, 0.15) is 6.10 Å². The monoisotopic (exact) mass is 388 g/mol. The molecule has 27 heavy (non-hydrogen) atoms. The maximum absolute atomic E-state index is 12.5. The van der Waals surface area contributed by atoms with E-state index in [2.05, 4.69) is 36.3 Å². The van der Waals surface area contributed by atoms with Gasteiger partial charge in [-0.3, -0.25) is 4.79 Å². The first-order valence-corrected chi connectivity index (χ1v) is 10.6. The van der Waals surface area contributed by atoms with Gasteiger partial charge in [-0.05, 0) is 59.6 Å². The number of aryl methyl sites for hydroxylation is 1. The summed E-state index contributed by atoms with van der Waals surface area (Å²) < 4.78 is 7.54. The molecule has 0 bridgehead atoms. The van der Waals surface area contributed by atoms with Crippen LogP contribution >= 0.6 is 11.8 Å². The highest BCUT2D eigenvalue weighted by molar-refractivity contribution is 7.99. The number of ether oxygens (including phenoxy) is 1. The molecule has 2 aromatic rings. The first kappa shape index (κ1) is 19.9. The predicted molar refractivity (Wildman–Crippen MR) is 106 cm³/mol. The largest absolute Gasteiger partial charge is 0.461 e. The van der Waals surface area contributed by atoms with E-state index in [-0.39, 0.29) is 17.8 Å². The van der Waals surface area contributed by atoms with Gasteiger partial charge in [-0.1, -0.05) is 57.2 Å². The number of thioether (sulfide) groups is 1. The normalized spacial score (nSPS) is 22.8. The lowest BCUT2D eigenvalue weighted by Crippen LogP contribution is -2.36. The van der Waals surface area contributed by atoms with E-state index < -0.39 is 0 Å². The second kappa shape index (κ2) is 8.87. The van der Waals surface area contributed by atoms with Gasteiger partial charge in [0.25, 0.3) is 0 Å². The van der Waals surface area contributed by atoms with E-state index >= 15 is 0 Å². The van der Waals surface area contributed by atoms with E-state index in [1.54, 1.807) is 4.68 Å². The molecule has 0 saturated heterocycles. The Morgan fingerprint density at radius 1 is 1.33 bits per heavy atom. The van der Waals surface area contributed by atoms with Crippen LogP contribution in [0.15, 0.2) is 29.4 Å². The van der Waals surface area contributed by atoms with Gasteiger partial charge in [0.05, 0.1) is 11.4 Å². The summed E-state index contributed by atoms with van der Waals surface area (Å²) in [6, 6.07) is 7.90. The minimum Gasteiger partial charge on any atom is -0.461 e. The van der Waals surface area contributed by atoms with Crippen LogP contribution in [0, 0.1) is 24.7 Å². The molecule has 0 spiro atoms. The molecule has 0 radical (unpaired) electrons. The molecule has 0 aliphatic heterocycles. The number of benzene rings is 1. The van der Waals surface area contributed by atoms with Crippen LogP contribution in [-0.4, -0.2) is 38.0 Å². The first-order valence-electron chi connectivity index (χ1n) is 9.62. The van der Waals surface area contributed by atoms with Crippen molar-refractivity contribution in [2.24, 2.45) is 17.8 Å². The molecule has 3 rings (SSSR count). The molecular formula is C20H28N4O2S. The first-order chi connectivity index (χ1) is 13.0. The molecule has 3 atom stereocenters. The van der Waals surface area contributed by atoms with Crippen LogP contribution < -0.4 is 0 Å². The van der Waals surface area contributed by atoms with Crippen LogP contribution in [0.4, 0.5) is 0 Å². The Hall–Kier alpha value is -1.89. The molecule has 0 amide bonds. The van der Waals surface area contributed by atoms with E-state index in [4.69, 9.17) is 4.74 Å². The van der Waals surface area contributed by atoms with Gasteiger partial charge in [0, 0.05) is 0 Å². The Morgan fingerprint density at radius 2 is 2.11 bits per heavy atom. The number of carbonyl (C=O) groups is 1. The standard InChI is InChI=1S/C20H28N4O2S/c1-13(2)16-10-9-14(3)11-18(16)26-19(25)12-27-20-21-22-23-24(20)17-8-6-5-7-15(17)4/h5-8,13-14,16,18H,9-12H2,1-4H3/t14-,16+,18-/m1/s1. The minimum atomic E-state index is -0.191. The third kappa shape index (κ3) is 4.89. The van der Waals surface area contributed by atoms with Crippen molar-refractivity contribution < 1.29 is 9.53 Å². The Labute approximate surface area is 165 Å². The van der Waals surface area contributed by atoms with E-state index in [0.717, 1.165) is 24.1 Å². The number of aromatic nitrogens is 4. The highest BCUT2D eigenvalue weighted by Crippen LogP contribution is 2.35. The molecule has 1 fully saturated rings. The van der Waals surface area contributed by atoms with Crippen molar-refractivity contribution in [3.63, 3.8) is 0 Å². The number of tetrazole rings is 1. The molecule has 1 aliphatic rings. The third-order valence-corrected chi connectivity index (χ3v) is 6.24. The second-order valence-electron chi connectivity index (χ2n) is 7.80. The van der Waals surface area contributed by atoms with Crippen LogP contribution in [0.25, 0.3) is 5.69 Å². The SMILES string of the molecule is Cc1ccccc1-n1nnnc1SCC(=O)O[C@@H]1C[C@H](C)CC[C@H]1C(C)C. The fourth-order valence-corrected chi connectivity index (χ4v) is 4.46. The number of para-hydroxylation sites is 1. The van der Waals surface area contributed by atoms with E-state index in [0.29, 0.717) is 22.9 Å². The molecule has 1 heterocycles. The Bertz CT molecular complexity index is 777. The number of nitrogens with zero attached hydrogens (tertiary/aromatic N) is 4. The molecule has 146 valence electrons. The lowest BCUT2D eigenvalue weighted by Gasteiger charge is -2.36. The van der Waals surface area contributed by atoms with E-state index in [1.165, 1.54) is 18.2 Å². The van der Waals surface area contributed by atoms with Crippen molar-refractivity contribution in [2.45, 2.75) is 58.2 Å². The number of hydrogen-bond donors (Lipinski definition) is 0. The van der Waals surface area contributed by atoms with Gasteiger partial charge in [0.2, 0.25) is 5.16 Å². The summed E-state index contributed by atoms with van der Waals surface area (Å²) in [4.78, 5) is 12.5. The highest BCUT2D eigenvalue weighted by atomic mass is 32.2. The van der Waals surface area contributed by atoms with Gasteiger partial charge < -0.3 is 4.74 Å². The fraction of sp³-hybridized carbons (Fsp3) is 0.600. The molecule has 6 nitrogen and oxygen atoms in total. The number of rotatable bonds is 6. The van der Waals surface area contributed by atoms with Crippen molar-refractivity contribution in [3.8, 4) is 5.69 Å². The predicted octanol–water partition coefficient (Wildman–Crippen LogP) is 4.07. The van der Waals surface area contributed by atoms with Crippen molar-refractivity contribution >= 4 is 17.7 Å². The topological polar surface area (TPSA) is 69.9 Å². The van der Waals surface area contributed by atoms with Gasteiger partial charge in [-0.25, -0.2) is 0 Å². The maximum Gasteiger partial charge on any atom is 0.316 e. The summed E-state index contributed by atoms with van der Waals surface area (Å²) >= 11 is 1.32. The Kier molecular flexibility index (Phi) is 6.52. The van der Waals surface area contributed by atoms with Crippen LogP contribution in [0.3, 0.4) is 0 Å². The lowest BCUT2D eigenvalue weighted by atomic mass is 9.75. The molecule has 1 aromatic carbocycles. The number of carbonyl (C=O) groups excluding carboxylic acids is 1. The molecular weight excluding hydrogens is 360 g/mol. The van der Waals surface area contributed by atoms with Gasteiger partial charge in [-0.2, -0.15) is 4.68 Å². The summed E-state index contributed by atoms with van der Waals surface area (Å²) in [5.74, 6) is 1.61. The Balaban J connectivity index is 1.62. The number of hydrogen-bond acceptors (Lipinski definition) is 6. The molecule has 1 aliphatic carbocycles. The third-order valence-electron chi connectivity index (χ3n) is 5.35. The fourth-order valence-electron chi connectivity index (χ4n) is 3.80. The van der Waals surface area contributed by atoms with Gasteiger partial charge >= 0.3 is 5.97 Å². The van der Waals surface area contributed by atoms with Crippen molar-refractivity contribution in [1.29, 1.82) is 0 Å². The average Bonchev–Trinajstić information content (AvgIpc) is 3.08. The molecule has 1 saturated carbocycles. The average molecular weight is 389 g/mol. The number of esters is 1. The lowest BCUT2D eigenvalue weighted by molar-refractivity contribution is -0.152. The van der Waals surface area contributed by atoms with Crippen LogP contribution in [0.5, 0.6) is 0 Å². The van der Waals surface area contributed by atoms with E-state index in [9.17, 15) is 4.79 Å². The summed E-state index contributed by atoms with van der Waals surface area (Å²) in [5.41, 5.74) is 1.99. The van der Waals surface area contributed by atoms with Gasteiger partial charge in [-0.15, -0.1) is 5.10 Å². The zero-order valence-corrected chi connectivity index (χ0v) is 17.3.